The van der Waals surface area contributed by atoms with Crippen molar-refractivity contribution in [2.75, 3.05) is 4.90 Å². The zero-order valence-electron chi connectivity index (χ0n) is 26.2. The lowest BCUT2D eigenvalue weighted by molar-refractivity contribution is 0.667. The number of furan rings is 2. The lowest BCUT2D eigenvalue weighted by Crippen LogP contribution is -2.09. The van der Waals surface area contributed by atoms with Crippen LogP contribution in [0.2, 0.25) is 0 Å². The minimum atomic E-state index is 0.630. The highest BCUT2D eigenvalue weighted by atomic mass is 16.3. The summed E-state index contributed by atoms with van der Waals surface area (Å²) in [6.45, 7) is 0. The smallest absolute Gasteiger partial charge is 0.180 e. The molecule has 0 spiro atoms. The van der Waals surface area contributed by atoms with Crippen LogP contribution in [-0.4, -0.2) is 9.97 Å². The molecule has 0 bridgehead atoms. The van der Waals surface area contributed by atoms with Gasteiger partial charge in [-0.2, -0.15) is 0 Å². The van der Waals surface area contributed by atoms with Crippen molar-refractivity contribution in [1.29, 1.82) is 0 Å². The second-order valence-electron chi connectivity index (χ2n) is 12.1. The Morgan fingerprint density at radius 3 is 1.78 bits per heavy atom. The van der Waals surface area contributed by atoms with Gasteiger partial charge in [-0.25, -0.2) is 9.97 Å². The quantitative estimate of drug-likeness (QED) is 0.190. The van der Waals surface area contributed by atoms with Gasteiger partial charge in [-0.1, -0.05) is 109 Å². The average Bonchev–Trinajstić information content (AvgIpc) is 3.75. The first-order valence-corrected chi connectivity index (χ1v) is 16.3. The first-order chi connectivity index (χ1) is 24.3. The Morgan fingerprint density at radius 1 is 0.449 bits per heavy atom. The van der Waals surface area contributed by atoms with Crippen molar-refractivity contribution in [3.8, 4) is 22.6 Å². The number of rotatable bonds is 5. The molecular weight excluding hydrogens is 603 g/mol. The summed E-state index contributed by atoms with van der Waals surface area (Å²) in [6.07, 6.45) is 0. The molecule has 0 fully saturated rings. The minimum absolute atomic E-state index is 0.630. The average molecular weight is 630 g/mol. The van der Waals surface area contributed by atoms with Gasteiger partial charge in [0.25, 0.3) is 0 Å². The van der Waals surface area contributed by atoms with E-state index in [1.54, 1.807) is 0 Å². The van der Waals surface area contributed by atoms with E-state index in [1.165, 1.54) is 0 Å². The van der Waals surface area contributed by atoms with Gasteiger partial charge in [-0.3, -0.25) is 0 Å². The fourth-order valence-corrected chi connectivity index (χ4v) is 7.09. The van der Waals surface area contributed by atoms with Crippen LogP contribution in [0.4, 0.5) is 17.1 Å². The number of aromatic nitrogens is 2. The van der Waals surface area contributed by atoms with Crippen LogP contribution in [0.25, 0.3) is 77.4 Å². The Balaban J connectivity index is 1.31. The van der Waals surface area contributed by atoms with Crippen LogP contribution < -0.4 is 4.90 Å². The van der Waals surface area contributed by atoms with E-state index in [0.29, 0.717) is 11.4 Å². The number of para-hydroxylation sites is 3. The summed E-state index contributed by atoms with van der Waals surface area (Å²) < 4.78 is 13.2. The molecular formula is C44H27N3O2. The summed E-state index contributed by atoms with van der Waals surface area (Å²) in [6, 6.07) is 56.0. The molecule has 3 heterocycles. The number of hydrogen-bond donors (Lipinski definition) is 0. The maximum absolute atomic E-state index is 6.75. The lowest BCUT2D eigenvalue weighted by Gasteiger charge is -2.26. The van der Waals surface area contributed by atoms with Gasteiger partial charge in [0.15, 0.2) is 11.4 Å². The van der Waals surface area contributed by atoms with E-state index in [-0.39, 0.29) is 0 Å². The van der Waals surface area contributed by atoms with Gasteiger partial charge >= 0.3 is 0 Å². The van der Waals surface area contributed by atoms with Crippen molar-refractivity contribution in [2.24, 2.45) is 0 Å². The fourth-order valence-electron chi connectivity index (χ4n) is 7.09. The van der Waals surface area contributed by atoms with E-state index in [9.17, 15) is 0 Å². The van der Waals surface area contributed by atoms with Crippen LogP contribution in [0.1, 0.15) is 0 Å². The van der Waals surface area contributed by atoms with Crippen molar-refractivity contribution >= 4 is 71.8 Å². The Kier molecular flexibility index (Phi) is 6.11. The van der Waals surface area contributed by atoms with Gasteiger partial charge in [-0.15, -0.1) is 0 Å². The topological polar surface area (TPSA) is 55.3 Å². The number of hydrogen-bond acceptors (Lipinski definition) is 5. The highest BCUT2D eigenvalue weighted by Crippen LogP contribution is 2.46. The third-order valence-electron chi connectivity index (χ3n) is 9.26. The number of nitrogens with zero attached hydrogens (tertiary/aromatic N) is 3. The van der Waals surface area contributed by atoms with Crippen molar-refractivity contribution < 1.29 is 8.83 Å². The van der Waals surface area contributed by atoms with E-state index < -0.39 is 0 Å². The molecule has 7 aromatic carbocycles. The molecule has 0 aliphatic rings. The van der Waals surface area contributed by atoms with Crippen LogP contribution in [-0.2, 0) is 0 Å². The first-order valence-electron chi connectivity index (χ1n) is 16.3. The van der Waals surface area contributed by atoms with E-state index >= 15 is 0 Å². The normalized spacial score (nSPS) is 11.7. The molecule has 0 aliphatic heterocycles. The van der Waals surface area contributed by atoms with Crippen LogP contribution in [0.15, 0.2) is 173 Å². The molecule has 0 aliphatic carbocycles. The van der Waals surface area contributed by atoms with Crippen molar-refractivity contribution in [3.05, 3.63) is 164 Å². The van der Waals surface area contributed by atoms with Crippen LogP contribution in [0.5, 0.6) is 0 Å². The monoisotopic (exact) mass is 629 g/mol. The SMILES string of the molecule is c1ccc(-c2nc(-c3cc4c(oc5cccc(N(c6ccccc6)c6ccccc6)c54)c4ccccc34)nc3c2oc2ccccc23)cc1. The predicted molar refractivity (Wildman–Crippen MR) is 200 cm³/mol. The molecule has 5 heteroatoms. The molecule has 230 valence electrons. The zero-order valence-corrected chi connectivity index (χ0v) is 26.2. The maximum atomic E-state index is 6.75. The molecule has 10 rings (SSSR count). The van der Waals surface area contributed by atoms with Gasteiger partial charge in [0.2, 0.25) is 0 Å². The molecule has 10 aromatic rings. The first kappa shape index (κ1) is 27.4. The number of benzene rings is 7. The summed E-state index contributed by atoms with van der Waals surface area (Å²) in [5.41, 5.74) is 9.71. The molecule has 5 nitrogen and oxygen atoms in total. The van der Waals surface area contributed by atoms with Gasteiger partial charge < -0.3 is 13.7 Å². The Hall–Kier alpha value is -6.72. The predicted octanol–water partition coefficient (Wildman–Crippen LogP) is 12.2. The molecule has 49 heavy (non-hydrogen) atoms. The van der Waals surface area contributed by atoms with Crippen molar-refractivity contribution in [1.82, 2.24) is 9.97 Å². The highest BCUT2D eigenvalue weighted by Gasteiger charge is 2.24. The van der Waals surface area contributed by atoms with Crippen molar-refractivity contribution in [3.63, 3.8) is 0 Å². The minimum Gasteiger partial charge on any atom is -0.455 e. The Morgan fingerprint density at radius 2 is 1.04 bits per heavy atom. The molecule has 0 amide bonds. The van der Waals surface area contributed by atoms with Gasteiger partial charge in [0.1, 0.15) is 28.0 Å². The summed E-state index contributed by atoms with van der Waals surface area (Å²) in [5, 5.41) is 5.00. The molecule has 0 saturated carbocycles. The molecule has 3 aromatic heterocycles. The van der Waals surface area contributed by atoms with E-state index in [4.69, 9.17) is 18.8 Å². The summed E-state index contributed by atoms with van der Waals surface area (Å²) in [4.78, 5) is 12.8. The van der Waals surface area contributed by atoms with Crippen molar-refractivity contribution in [2.45, 2.75) is 0 Å². The summed E-state index contributed by atoms with van der Waals surface area (Å²) >= 11 is 0. The van der Waals surface area contributed by atoms with Crippen LogP contribution in [0, 0.1) is 0 Å². The number of fused-ring (bicyclic) bond motifs is 8. The van der Waals surface area contributed by atoms with Crippen LogP contribution in [0.3, 0.4) is 0 Å². The van der Waals surface area contributed by atoms with E-state index in [2.05, 4.69) is 120 Å². The van der Waals surface area contributed by atoms with Crippen LogP contribution >= 0.6 is 0 Å². The van der Waals surface area contributed by atoms with Gasteiger partial charge in [0.05, 0.1) is 11.1 Å². The standard InChI is InChI=1S/C44H27N3O2/c1-4-15-28(16-5-1)40-43-41(33-23-12-13-25-37(33)48-43)46-44(45-40)34-27-35-39-36(47(29-17-6-2-7-18-29)30-19-8-3-9-20-30)24-14-26-38(39)49-42(35)32-22-11-10-21-31(32)34/h1-27H. The Bertz CT molecular complexity index is 2780. The van der Waals surface area contributed by atoms with Gasteiger partial charge in [-0.05, 0) is 60.0 Å². The molecule has 0 N–H and O–H groups in total. The van der Waals surface area contributed by atoms with E-state index in [1.807, 2.05) is 48.5 Å². The highest BCUT2D eigenvalue weighted by molar-refractivity contribution is 6.22. The molecule has 0 atom stereocenters. The molecule has 0 saturated heterocycles. The zero-order chi connectivity index (χ0) is 32.3. The van der Waals surface area contributed by atoms with E-state index in [0.717, 1.165) is 83.1 Å². The lowest BCUT2D eigenvalue weighted by atomic mass is 9.98. The fraction of sp³-hybridized carbons (Fsp3) is 0. The summed E-state index contributed by atoms with van der Waals surface area (Å²) in [5.74, 6) is 0.630. The Labute approximate surface area is 281 Å². The third kappa shape index (κ3) is 4.33. The third-order valence-corrected chi connectivity index (χ3v) is 9.26. The largest absolute Gasteiger partial charge is 0.455 e. The molecule has 0 unspecified atom stereocenters. The number of anilines is 3. The second kappa shape index (κ2) is 10.9. The summed E-state index contributed by atoms with van der Waals surface area (Å²) in [7, 11) is 0. The molecule has 0 radical (unpaired) electrons. The second-order valence-corrected chi connectivity index (χ2v) is 12.1. The van der Waals surface area contributed by atoms with Gasteiger partial charge in [0, 0.05) is 38.7 Å². The maximum Gasteiger partial charge on any atom is 0.180 e.